The molecule has 6 heteroatoms. The number of carbonyl (C=O) groups is 1. The summed E-state index contributed by atoms with van der Waals surface area (Å²) < 4.78 is 16.1. The lowest BCUT2D eigenvalue weighted by atomic mass is 10.1. The third-order valence-electron chi connectivity index (χ3n) is 4.23. The fraction of sp³-hybridized carbons (Fsp3) is 0.238. The van der Waals surface area contributed by atoms with E-state index < -0.39 is 0 Å². The number of para-hydroxylation sites is 1. The molecule has 1 heterocycles. The lowest BCUT2D eigenvalue weighted by molar-refractivity contribution is 0.102. The van der Waals surface area contributed by atoms with E-state index in [-0.39, 0.29) is 5.91 Å². The van der Waals surface area contributed by atoms with Gasteiger partial charge in [0, 0.05) is 23.9 Å². The van der Waals surface area contributed by atoms with E-state index >= 15 is 0 Å². The van der Waals surface area contributed by atoms with Crippen LogP contribution in [0.5, 0.6) is 5.75 Å². The molecule has 6 nitrogen and oxygen atoms in total. The maximum Gasteiger partial charge on any atom is 0.255 e. The average molecular weight is 366 g/mol. The molecule has 0 aliphatic carbocycles. The molecule has 0 saturated heterocycles. The summed E-state index contributed by atoms with van der Waals surface area (Å²) in [6.45, 7) is 4.48. The molecule has 0 bridgehead atoms. The molecule has 0 radical (unpaired) electrons. The molecule has 0 aliphatic heterocycles. The van der Waals surface area contributed by atoms with Crippen LogP contribution in [0, 0.1) is 13.8 Å². The van der Waals surface area contributed by atoms with Gasteiger partial charge in [-0.05, 0) is 38.1 Å². The van der Waals surface area contributed by atoms with Crippen LogP contribution in [-0.4, -0.2) is 18.2 Å². The van der Waals surface area contributed by atoms with E-state index in [0.717, 1.165) is 28.3 Å². The number of rotatable bonds is 7. The second-order valence-corrected chi connectivity index (χ2v) is 6.16. The van der Waals surface area contributed by atoms with Crippen molar-refractivity contribution in [2.75, 3.05) is 12.4 Å². The zero-order chi connectivity index (χ0) is 19.2. The zero-order valence-corrected chi connectivity index (χ0v) is 15.6. The van der Waals surface area contributed by atoms with Crippen molar-refractivity contribution in [3.8, 4) is 5.75 Å². The third kappa shape index (κ3) is 4.54. The topological polar surface area (TPSA) is 73.6 Å². The van der Waals surface area contributed by atoms with Crippen LogP contribution in [0.15, 0.2) is 53.1 Å². The predicted molar refractivity (Wildman–Crippen MR) is 102 cm³/mol. The molecular weight excluding hydrogens is 344 g/mol. The van der Waals surface area contributed by atoms with Crippen LogP contribution in [0.2, 0.25) is 0 Å². The molecule has 27 heavy (non-hydrogen) atoms. The number of nitrogens with one attached hydrogen (secondary N) is 1. The van der Waals surface area contributed by atoms with Crippen molar-refractivity contribution in [3.63, 3.8) is 0 Å². The van der Waals surface area contributed by atoms with Crippen molar-refractivity contribution >= 4 is 11.6 Å². The van der Waals surface area contributed by atoms with E-state index in [1.807, 2.05) is 44.2 Å². The number of aryl methyl sites for hydroxylation is 2. The molecule has 0 saturated carbocycles. The highest BCUT2D eigenvalue weighted by atomic mass is 16.5. The highest BCUT2D eigenvalue weighted by molar-refractivity contribution is 6.04. The molecule has 0 atom stereocenters. The van der Waals surface area contributed by atoms with Crippen molar-refractivity contribution in [1.29, 1.82) is 0 Å². The Labute approximate surface area is 158 Å². The minimum absolute atomic E-state index is 0.207. The van der Waals surface area contributed by atoms with Crippen LogP contribution >= 0.6 is 0 Å². The lowest BCUT2D eigenvalue weighted by Gasteiger charge is -2.11. The van der Waals surface area contributed by atoms with Gasteiger partial charge in [-0.3, -0.25) is 4.79 Å². The second kappa shape index (κ2) is 8.51. The Morgan fingerprint density at radius 3 is 2.67 bits per heavy atom. The zero-order valence-electron chi connectivity index (χ0n) is 15.6. The Bertz CT molecular complexity index is 914. The Kier molecular flexibility index (Phi) is 5.88. The molecule has 0 aliphatic rings. The Morgan fingerprint density at radius 1 is 1.11 bits per heavy atom. The van der Waals surface area contributed by atoms with E-state index in [9.17, 15) is 4.79 Å². The molecule has 140 valence electrons. The highest BCUT2D eigenvalue weighted by Crippen LogP contribution is 2.21. The minimum Gasteiger partial charge on any atom is -0.489 e. The molecule has 2 aromatic carbocycles. The third-order valence-corrected chi connectivity index (χ3v) is 4.23. The molecule has 1 aromatic heterocycles. The monoisotopic (exact) mass is 366 g/mol. The van der Waals surface area contributed by atoms with E-state index in [1.54, 1.807) is 25.3 Å². The SMILES string of the molecule is COCc1ccccc1NC(=O)c1cccc(OCc2c(C)noc2C)c1. The van der Waals surface area contributed by atoms with Crippen molar-refractivity contribution in [2.45, 2.75) is 27.1 Å². The van der Waals surface area contributed by atoms with Gasteiger partial charge < -0.3 is 19.3 Å². The number of benzene rings is 2. The van der Waals surface area contributed by atoms with Crippen LogP contribution in [0.3, 0.4) is 0 Å². The Morgan fingerprint density at radius 2 is 1.93 bits per heavy atom. The maximum atomic E-state index is 12.6. The van der Waals surface area contributed by atoms with Gasteiger partial charge in [-0.2, -0.15) is 0 Å². The molecular formula is C21H22N2O4. The number of hydrogen-bond acceptors (Lipinski definition) is 5. The average Bonchev–Trinajstić information content (AvgIpc) is 3.00. The summed E-state index contributed by atoms with van der Waals surface area (Å²) in [6, 6.07) is 14.6. The Hall–Kier alpha value is -3.12. The Balaban J connectivity index is 1.70. The summed E-state index contributed by atoms with van der Waals surface area (Å²) in [5.74, 6) is 1.13. The largest absolute Gasteiger partial charge is 0.489 e. The number of nitrogens with zero attached hydrogens (tertiary/aromatic N) is 1. The normalized spacial score (nSPS) is 10.6. The van der Waals surface area contributed by atoms with E-state index in [4.69, 9.17) is 14.0 Å². The quantitative estimate of drug-likeness (QED) is 0.676. The summed E-state index contributed by atoms with van der Waals surface area (Å²) in [5, 5.41) is 6.84. The van der Waals surface area contributed by atoms with E-state index in [0.29, 0.717) is 24.5 Å². The first-order valence-corrected chi connectivity index (χ1v) is 8.61. The van der Waals surface area contributed by atoms with Gasteiger partial charge >= 0.3 is 0 Å². The smallest absolute Gasteiger partial charge is 0.255 e. The predicted octanol–water partition coefficient (Wildman–Crippen LogP) is 4.27. The highest BCUT2D eigenvalue weighted by Gasteiger charge is 2.12. The van der Waals surface area contributed by atoms with Gasteiger partial charge in [0.25, 0.3) is 5.91 Å². The van der Waals surface area contributed by atoms with Crippen LogP contribution in [0.25, 0.3) is 0 Å². The molecule has 1 N–H and O–H groups in total. The summed E-state index contributed by atoms with van der Waals surface area (Å²) >= 11 is 0. The first-order valence-electron chi connectivity index (χ1n) is 8.61. The summed E-state index contributed by atoms with van der Waals surface area (Å²) in [5.41, 5.74) is 3.87. The van der Waals surface area contributed by atoms with Gasteiger partial charge in [-0.1, -0.05) is 29.4 Å². The van der Waals surface area contributed by atoms with Crippen molar-refractivity contribution < 1.29 is 18.8 Å². The number of carbonyl (C=O) groups excluding carboxylic acids is 1. The number of hydrogen-bond donors (Lipinski definition) is 1. The van der Waals surface area contributed by atoms with Crippen LogP contribution in [0.4, 0.5) is 5.69 Å². The maximum absolute atomic E-state index is 12.6. The first-order chi connectivity index (χ1) is 13.1. The van der Waals surface area contributed by atoms with E-state index in [2.05, 4.69) is 10.5 Å². The summed E-state index contributed by atoms with van der Waals surface area (Å²) in [6.07, 6.45) is 0. The number of ether oxygens (including phenoxy) is 2. The summed E-state index contributed by atoms with van der Waals surface area (Å²) in [4.78, 5) is 12.6. The van der Waals surface area contributed by atoms with Crippen LogP contribution < -0.4 is 10.1 Å². The van der Waals surface area contributed by atoms with Crippen LogP contribution in [0.1, 0.15) is 32.9 Å². The number of anilines is 1. The standard InChI is InChI=1S/C21H22N2O4/c1-14-19(15(2)27-23-14)13-26-18-9-6-8-16(11-18)21(24)22-20-10-5-4-7-17(20)12-25-3/h4-11H,12-13H2,1-3H3,(H,22,24). The molecule has 1 amide bonds. The van der Waals surface area contributed by atoms with E-state index in [1.165, 1.54) is 0 Å². The minimum atomic E-state index is -0.207. The molecule has 0 spiro atoms. The van der Waals surface area contributed by atoms with Gasteiger partial charge in [0.2, 0.25) is 0 Å². The van der Waals surface area contributed by atoms with Gasteiger partial charge in [-0.15, -0.1) is 0 Å². The number of aromatic nitrogens is 1. The van der Waals surface area contributed by atoms with Gasteiger partial charge in [0.15, 0.2) is 0 Å². The van der Waals surface area contributed by atoms with Crippen molar-refractivity contribution in [2.24, 2.45) is 0 Å². The molecule has 3 rings (SSSR count). The van der Waals surface area contributed by atoms with Crippen molar-refractivity contribution in [1.82, 2.24) is 5.16 Å². The molecule has 0 fully saturated rings. The van der Waals surface area contributed by atoms with Gasteiger partial charge in [0.05, 0.1) is 17.9 Å². The molecule has 3 aromatic rings. The van der Waals surface area contributed by atoms with Gasteiger partial charge in [-0.25, -0.2) is 0 Å². The summed E-state index contributed by atoms with van der Waals surface area (Å²) in [7, 11) is 1.62. The second-order valence-electron chi connectivity index (χ2n) is 6.16. The first kappa shape index (κ1) is 18.7. The molecule has 0 unspecified atom stereocenters. The fourth-order valence-corrected chi connectivity index (χ4v) is 2.71. The van der Waals surface area contributed by atoms with Crippen LogP contribution in [-0.2, 0) is 18.0 Å². The fourth-order valence-electron chi connectivity index (χ4n) is 2.71. The number of amides is 1. The van der Waals surface area contributed by atoms with Gasteiger partial charge in [0.1, 0.15) is 18.1 Å². The van der Waals surface area contributed by atoms with Crippen molar-refractivity contribution in [3.05, 3.63) is 76.7 Å². The lowest BCUT2D eigenvalue weighted by Crippen LogP contribution is -2.13. The number of methoxy groups -OCH3 is 1.